The number of benzene rings is 2. The van der Waals surface area contributed by atoms with E-state index >= 15 is 0 Å². The van der Waals surface area contributed by atoms with Crippen molar-refractivity contribution in [2.75, 3.05) is 138 Å². The SMILES string of the molecule is C[N+]1(Cc2ccc(C[N+]3(C)CCN(c4ncccn4)CC3)cc2)CCN(c2ncccn2)CC1.c1cnc(N2CCN(Cc3ccc(CN4CCN(c5ncccn5)CC4)cc3)CC2)nc1. The molecule has 0 radical (unpaired) electrons. The molecular weight excluding hydrogens is 825 g/mol. The van der Waals surface area contributed by atoms with Crippen LogP contribution in [0, 0.1) is 0 Å². The molecule has 4 aromatic heterocycles. The van der Waals surface area contributed by atoms with Crippen molar-refractivity contribution in [2.24, 2.45) is 0 Å². The highest BCUT2D eigenvalue weighted by Gasteiger charge is 2.32. The van der Waals surface area contributed by atoms with E-state index in [0.717, 1.165) is 164 Å². The van der Waals surface area contributed by atoms with Crippen LogP contribution in [0.25, 0.3) is 0 Å². The maximum absolute atomic E-state index is 4.41. The summed E-state index contributed by atoms with van der Waals surface area (Å²) in [7, 11) is 4.75. The second-order valence-electron chi connectivity index (χ2n) is 18.8. The highest BCUT2D eigenvalue weighted by atomic mass is 15.4. The van der Waals surface area contributed by atoms with Crippen LogP contribution in [0.3, 0.4) is 0 Å². The molecule has 344 valence electrons. The van der Waals surface area contributed by atoms with Gasteiger partial charge in [-0.1, -0.05) is 48.5 Å². The Morgan fingerprint density at radius 2 is 0.576 bits per heavy atom. The molecule has 10 rings (SSSR count). The smallest absolute Gasteiger partial charge is 0.225 e. The first kappa shape index (κ1) is 45.0. The van der Waals surface area contributed by atoms with E-state index in [9.17, 15) is 0 Å². The quantitative estimate of drug-likeness (QED) is 0.164. The van der Waals surface area contributed by atoms with Crippen molar-refractivity contribution < 1.29 is 8.97 Å². The summed E-state index contributed by atoms with van der Waals surface area (Å²) in [6, 6.07) is 26.0. The number of likely N-dealkylation sites (N-methyl/N-ethyl adjacent to an activating group) is 2. The standard InChI is InChI=1S/C26H36N8.C24H30N8/c1-33(17-13-31(14-18-33)25-27-9-3-10-28-25)21-23-5-7-24(8-6-23)22-34(2)19-15-32(16-20-34)26-29-11-4-12-30-26;1-7-25-23(26-8-1)31-15-11-29(12-16-31)19-21-3-5-22(6-4-21)20-30-13-17-32(18-14-30)24-27-9-2-10-28-24/h3-12H,13-22H2,1-2H3;1-10H,11-20H2/q+2;. The molecule has 4 aliphatic heterocycles. The van der Waals surface area contributed by atoms with Crippen molar-refractivity contribution in [1.29, 1.82) is 0 Å². The number of quaternary nitrogens is 2. The minimum atomic E-state index is 0.841. The molecule has 0 atom stereocenters. The van der Waals surface area contributed by atoms with Gasteiger partial charge in [-0.2, -0.15) is 0 Å². The molecule has 0 bridgehead atoms. The van der Waals surface area contributed by atoms with E-state index < -0.39 is 0 Å². The predicted molar refractivity (Wildman–Crippen MR) is 260 cm³/mol. The van der Waals surface area contributed by atoms with Crippen molar-refractivity contribution in [3.63, 3.8) is 0 Å². The second-order valence-corrected chi connectivity index (χ2v) is 18.8. The topological polar surface area (TPSA) is 123 Å². The summed E-state index contributed by atoms with van der Waals surface area (Å²) in [5, 5.41) is 0. The van der Waals surface area contributed by atoms with Crippen LogP contribution in [0.1, 0.15) is 22.3 Å². The second kappa shape index (κ2) is 21.4. The van der Waals surface area contributed by atoms with Crippen LogP contribution < -0.4 is 19.6 Å². The monoisotopic (exact) mass is 891 g/mol. The van der Waals surface area contributed by atoms with Gasteiger partial charge in [-0.3, -0.25) is 9.80 Å². The Hall–Kier alpha value is -6.20. The Morgan fingerprint density at radius 3 is 0.848 bits per heavy atom. The highest BCUT2D eigenvalue weighted by Crippen LogP contribution is 2.22. The lowest BCUT2D eigenvalue weighted by molar-refractivity contribution is -0.923. The van der Waals surface area contributed by atoms with Gasteiger partial charge in [0.2, 0.25) is 23.8 Å². The Balaban J connectivity index is 0.000000166. The largest absolute Gasteiger partial charge is 0.338 e. The van der Waals surface area contributed by atoms with Crippen molar-refractivity contribution in [3.8, 4) is 0 Å². The van der Waals surface area contributed by atoms with Crippen LogP contribution in [0.4, 0.5) is 23.8 Å². The maximum atomic E-state index is 4.41. The highest BCUT2D eigenvalue weighted by molar-refractivity contribution is 5.32. The number of piperazine rings is 4. The molecule has 0 spiro atoms. The lowest BCUT2D eigenvalue weighted by Gasteiger charge is -2.42. The molecule has 8 heterocycles. The Kier molecular flexibility index (Phi) is 14.6. The number of anilines is 4. The van der Waals surface area contributed by atoms with Gasteiger partial charge in [-0.25, -0.2) is 39.9 Å². The fraction of sp³-hybridized carbons (Fsp3) is 0.440. The summed E-state index contributed by atoms with van der Waals surface area (Å²) < 4.78 is 2.13. The van der Waals surface area contributed by atoms with Crippen LogP contribution >= 0.6 is 0 Å². The molecule has 0 saturated carbocycles. The summed E-state index contributed by atoms with van der Waals surface area (Å²) in [6.45, 7) is 20.6. The van der Waals surface area contributed by atoms with E-state index in [1.54, 1.807) is 0 Å². The third-order valence-corrected chi connectivity index (χ3v) is 13.7. The average Bonchev–Trinajstić information content (AvgIpc) is 3.37. The molecule has 6 aromatic rings. The van der Waals surface area contributed by atoms with Crippen molar-refractivity contribution in [1.82, 2.24) is 49.7 Å². The molecule has 4 saturated heterocycles. The summed E-state index contributed by atoms with van der Waals surface area (Å²) in [5.41, 5.74) is 5.60. The number of aromatic nitrogens is 8. The molecule has 0 N–H and O–H groups in total. The fourth-order valence-electron chi connectivity index (χ4n) is 9.54. The lowest BCUT2D eigenvalue weighted by atomic mass is 10.1. The first-order valence-corrected chi connectivity index (χ1v) is 23.7. The first-order valence-electron chi connectivity index (χ1n) is 23.7. The lowest BCUT2D eigenvalue weighted by Crippen LogP contribution is -2.57. The zero-order valence-electron chi connectivity index (χ0n) is 38.8. The third kappa shape index (κ3) is 12.2. The molecule has 4 aliphatic rings. The summed E-state index contributed by atoms with van der Waals surface area (Å²) in [4.78, 5) is 49.3. The molecule has 66 heavy (non-hydrogen) atoms. The van der Waals surface area contributed by atoms with Crippen molar-refractivity contribution in [3.05, 3.63) is 145 Å². The van der Waals surface area contributed by atoms with Gasteiger partial charge in [0.1, 0.15) is 13.1 Å². The van der Waals surface area contributed by atoms with E-state index in [2.05, 4.69) is 132 Å². The van der Waals surface area contributed by atoms with Gasteiger partial charge in [0.15, 0.2) is 0 Å². The minimum absolute atomic E-state index is 0.841. The van der Waals surface area contributed by atoms with Crippen LogP contribution in [0.15, 0.2) is 122 Å². The summed E-state index contributed by atoms with van der Waals surface area (Å²) in [5.74, 6) is 3.39. The molecule has 16 nitrogen and oxygen atoms in total. The van der Waals surface area contributed by atoms with Crippen LogP contribution in [-0.2, 0) is 26.2 Å². The van der Waals surface area contributed by atoms with Crippen LogP contribution in [-0.4, -0.2) is 177 Å². The van der Waals surface area contributed by atoms with Crippen molar-refractivity contribution >= 4 is 23.8 Å². The molecule has 0 unspecified atom stereocenters. The van der Waals surface area contributed by atoms with E-state index in [1.165, 1.54) is 22.3 Å². The van der Waals surface area contributed by atoms with E-state index in [4.69, 9.17) is 0 Å². The average molecular weight is 891 g/mol. The summed E-state index contributed by atoms with van der Waals surface area (Å²) >= 11 is 0. The van der Waals surface area contributed by atoms with Gasteiger partial charge in [-0.05, 0) is 35.4 Å². The van der Waals surface area contributed by atoms with E-state index in [0.29, 0.717) is 0 Å². The zero-order valence-corrected chi connectivity index (χ0v) is 38.8. The number of nitrogens with zero attached hydrogens (tertiary/aromatic N) is 16. The van der Waals surface area contributed by atoms with Crippen molar-refractivity contribution in [2.45, 2.75) is 26.2 Å². The van der Waals surface area contributed by atoms with E-state index in [-0.39, 0.29) is 0 Å². The van der Waals surface area contributed by atoms with Crippen LogP contribution in [0.2, 0.25) is 0 Å². The molecule has 0 amide bonds. The fourth-order valence-corrected chi connectivity index (χ4v) is 9.54. The predicted octanol–water partition coefficient (Wildman–Crippen LogP) is 4.11. The minimum Gasteiger partial charge on any atom is -0.338 e. The molecular formula is C50H66N16+2. The third-order valence-electron chi connectivity index (χ3n) is 13.7. The molecule has 0 aliphatic carbocycles. The van der Waals surface area contributed by atoms with Gasteiger partial charge in [-0.15, -0.1) is 0 Å². The first-order chi connectivity index (χ1) is 32.3. The van der Waals surface area contributed by atoms with Gasteiger partial charge in [0.25, 0.3) is 0 Å². The van der Waals surface area contributed by atoms with Gasteiger partial charge >= 0.3 is 0 Å². The Labute approximate surface area is 390 Å². The van der Waals surface area contributed by atoms with Crippen LogP contribution in [0.5, 0.6) is 0 Å². The number of hydrogen-bond donors (Lipinski definition) is 0. The molecule has 4 fully saturated rings. The Bertz CT molecular complexity index is 2160. The van der Waals surface area contributed by atoms with E-state index in [1.807, 2.05) is 73.8 Å². The van der Waals surface area contributed by atoms with Gasteiger partial charge in [0, 0.05) is 126 Å². The Morgan fingerprint density at radius 1 is 0.333 bits per heavy atom. The zero-order chi connectivity index (χ0) is 45.0. The molecule has 2 aromatic carbocycles. The van der Waals surface area contributed by atoms with Gasteiger partial charge in [0.05, 0.1) is 66.5 Å². The normalized spacial score (nSPS) is 18.9. The number of hydrogen-bond acceptors (Lipinski definition) is 14. The maximum Gasteiger partial charge on any atom is 0.225 e. The summed E-state index contributed by atoms with van der Waals surface area (Å²) in [6.07, 6.45) is 14.6. The number of rotatable bonds is 12. The molecule has 16 heteroatoms. The van der Waals surface area contributed by atoms with Gasteiger partial charge < -0.3 is 28.6 Å².